The summed E-state index contributed by atoms with van der Waals surface area (Å²) in [5.41, 5.74) is -0.744. The van der Waals surface area contributed by atoms with E-state index in [1.54, 1.807) is 0 Å². The second kappa shape index (κ2) is 3.23. The third-order valence-corrected chi connectivity index (χ3v) is 2.39. The van der Waals surface area contributed by atoms with Gasteiger partial charge in [0.15, 0.2) is 0 Å². The molecule has 0 spiro atoms. The van der Waals surface area contributed by atoms with E-state index in [1.165, 1.54) is 0 Å². The molecule has 1 aliphatic heterocycles. The van der Waals surface area contributed by atoms with Gasteiger partial charge in [-0.15, -0.1) is 0 Å². The summed E-state index contributed by atoms with van der Waals surface area (Å²) < 4.78 is 4.43. The first kappa shape index (κ1) is 9.19. The minimum absolute atomic E-state index is 0.0871. The van der Waals surface area contributed by atoms with Gasteiger partial charge in [-0.25, -0.2) is 0 Å². The van der Waals surface area contributed by atoms with Crippen LogP contribution in [-0.4, -0.2) is 23.7 Å². The molecule has 0 bridgehead atoms. The predicted molar refractivity (Wildman–Crippen MR) is 40.1 cm³/mol. The van der Waals surface area contributed by atoms with Crippen molar-refractivity contribution in [1.82, 2.24) is 0 Å². The number of carbonyl (C=O) groups excluding carboxylic acids is 2. The molecule has 1 heterocycles. The Morgan fingerprint density at radius 3 is 2.58 bits per heavy atom. The van der Waals surface area contributed by atoms with Gasteiger partial charge in [-0.2, -0.15) is 0 Å². The maximum Gasteiger partial charge on any atom is 0.320 e. The molecule has 0 aromatic heterocycles. The summed E-state index contributed by atoms with van der Waals surface area (Å²) in [5, 5.41) is 8.71. The van der Waals surface area contributed by atoms with E-state index in [9.17, 15) is 9.59 Å². The van der Waals surface area contributed by atoms with Gasteiger partial charge in [0.25, 0.3) is 0 Å². The van der Waals surface area contributed by atoms with E-state index in [0.717, 1.165) is 0 Å². The molecule has 1 N–H and O–H groups in total. The van der Waals surface area contributed by atoms with Crippen LogP contribution in [-0.2, 0) is 14.3 Å². The van der Waals surface area contributed by atoms with E-state index in [4.69, 9.17) is 5.11 Å². The SMILES string of the molecule is CCC1(CCO)CC(=O)OC1=O. The number of aliphatic hydroxyl groups excluding tert-OH is 1. The molecule has 4 heteroatoms. The Hall–Kier alpha value is -0.900. The first-order valence-electron chi connectivity index (χ1n) is 4.00. The molecule has 1 aliphatic rings. The molecule has 0 aliphatic carbocycles. The predicted octanol–water partition coefficient (Wildman–Crippen LogP) is 0.239. The lowest BCUT2D eigenvalue weighted by molar-refractivity contribution is -0.155. The summed E-state index contributed by atoms with van der Waals surface area (Å²) in [6, 6.07) is 0. The minimum atomic E-state index is -0.744. The summed E-state index contributed by atoms with van der Waals surface area (Å²) in [6.45, 7) is 1.73. The van der Waals surface area contributed by atoms with Crippen LogP contribution in [0.25, 0.3) is 0 Å². The number of carbonyl (C=O) groups is 2. The molecule has 0 radical (unpaired) electrons. The number of esters is 2. The molecule has 1 unspecified atom stereocenters. The number of hydrogen-bond donors (Lipinski definition) is 1. The van der Waals surface area contributed by atoms with Gasteiger partial charge in [0.1, 0.15) is 0 Å². The Morgan fingerprint density at radius 2 is 2.25 bits per heavy atom. The van der Waals surface area contributed by atoms with Gasteiger partial charge in [0.2, 0.25) is 0 Å². The molecule has 0 aromatic rings. The van der Waals surface area contributed by atoms with Crippen molar-refractivity contribution in [3.05, 3.63) is 0 Å². The van der Waals surface area contributed by atoms with Crippen LogP contribution in [0.1, 0.15) is 26.2 Å². The van der Waals surface area contributed by atoms with Crippen molar-refractivity contribution in [3.63, 3.8) is 0 Å². The van der Waals surface area contributed by atoms with Crippen LogP contribution in [0.15, 0.2) is 0 Å². The van der Waals surface area contributed by atoms with Crippen molar-refractivity contribution in [2.24, 2.45) is 5.41 Å². The average molecular weight is 172 g/mol. The van der Waals surface area contributed by atoms with Crippen LogP contribution in [0.5, 0.6) is 0 Å². The summed E-state index contributed by atoms with van der Waals surface area (Å²) in [4.78, 5) is 22.0. The van der Waals surface area contributed by atoms with Crippen molar-refractivity contribution in [1.29, 1.82) is 0 Å². The first-order chi connectivity index (χ1) is 5.64. The monoisotopic (exact) mass is 172 g/mol. The van der Waals surface area contributed by atoms with Crippen LogP contribution in [0, 0.1) is 5.41 Å². The maximum atomic E-state index is 11.2. The van der Waals surface area contributed by atoms with Gasteiger partial charge in [0.05, 0.1) is 11.8 Å². The molecular formula is C8H12O4. The molecule has 0 amide bonds. The highest BCUT2D eigenvalue weighted by Crippen LogP contribution is 2.37. The minimum Gasteiger partial charge on any atom is -0.396 e. The third-order valence-electron chi connectivity index (χ3n) is 2.39. The van der Waals surface area contributed by atoms with Crippen molar-refractivity contribution < 1.29 is 19.4 Å². The zero-order valence-corrected chi connectivity index (χ0v) is 7.00. The number of aliphatic hydroxyl groups is 1. The maximum absolute atomic E-state index is 11.2. The van der Waals surface area contributed by atoms with Gasteiger partial charge in [-0.1, -0.05) is 6.92 Å². The second-order valence-electron chi connectivity index (χ2n) is 3.05. The van der Waals surface area contributed by atoms with Gasteiger partial charge in [-0.05, 0) is 12.8 Å². The standard InChI is InChI=1S/C8H12O4/c1-2-8(3-4-9)5-6(10)12-7(8)11/h9H,2-5H2,1H3. The Morgan fingerprint density at radius 1 is 1.58 bits per heavy atom. The van der Waals surface area contributed by atoms with E-state index in [0.29, 0.717) is 12.8 Å². The smallest absolute Gasteiger partial charge is 0.320 e. The van der Waals surface area contributed by atoms with E-state index in [1.807, 2.05) is 6.92 Å². The third kappa shape index (κ3) is 1.34. The number of hydrogen-bond acceptors (Lipinski definition) is 4. The quantitative estimate of drug-likeness (QED) is 0.489. The molecule has 1 atom stereocenters. The molecule has 1 rings (SSSR count). The molecule has 1 fully saturated rings. The molecule has 4 nitrogen and oxygen atoms in total. The lowest BCUT2D eigenvalue weighted by atomic mass is 9.81. The zero-order valence-electron chi connectivity index (χ0n) is 7.00. The fourth-order valence-corrected chi connectivity index (χ4v) is 1.45. The van der Waals surface area contributed by atoms with Crippen LogP contribution >= 0.6 is 0 Å². The first-order valence-corrected chi connectivity index (χ1v) is 4.00. The van der Waals surface area contributed by atoms with Crippen LogP contribution < -0.4 is 0 Å². The zero-order chi connectivity index (χ0) is 9.19. The highest BCUT2D eigenvalue weighted by Gasteiger charge is 2.47. The molecule has 68 valence electrons. The van der Waals surface area contributed by atoms with Gasteiger partial charge in [-0.3, -0.25) is 9.59 Å². The van der Waals surface area contributed by atoms with Crippen molar-refractivity contribution in [2.45, 2.75) is 26.2 Å². The Labute approximate surface area is 70.5 Å². The lowest BCUT2D eigenvalue weighted by Crippen LogP contribution is -2.26. The van der Waals surface area contributed by atoms with Crippen LogP contribution in [0.4, 0.5) is 0 Å². The summed E-state index contributed by atoms with van der Waals surface area (Å²) in [6.07, 6.45) is 0.967. The number of cyclic esters (lactones) is 2. The number of ether oxygens (including phenoxy) is 1. The summed E-state index contributed by atoms with van der Waals surface area (Å²) in [7, 11) is 0. The van der Waals surface area contributed by atoms with Crippen LogP contribution in [0.3, 0.4) is 0 Å². The Bertz CT molecular complexity index is 211. The largest absolute Gasteiger partial charge is 0.396 e. The topological polar surface area (TPSA) is 63.6 Å². The van der Waals surface area contributed by atoms with E-state index in [2.05, 4.69) is 4.74 Å². The summed E-state index contributed by atoms with van der Waals surface area (Å²) in [5.74, 6) is -0.959. The molecule has 0 aromatic carbocycles. The molecule has 1 saturated heterocycles. The van der Waals surface area contributed by atoms with E-state index in [-0.39, 0.29) is 13.0 Å². The van der Waals surface area contributed by atoms with Crippen molar-refractivity contribution in [3.8, 4) is 0 Å². The van der Waals surface area contributed by atoms with Crippen molar-refractivity contribution in [2.75, 3.05) is 6.61 Å². The van der Waals surface area contributed by atoms with Crippen LogP contribution in [0.2, 0.25) is 0 Å². The molecule has 0 saturated carbocycles. The molecular weight excluding hydrogens is 160 g/mol. The fourth-order valence-electron chi connectivity index (χ4n) is 1.45. The Balaban J connectivity index is 2.78. The average Bonchev–Trinajstić information content (AvgIpc) is 2.28. The second-order valence-corrected chi connectivity index (χ2v) is 3.05. The van der Waals surface area contributed by atoms with E-state index < -0.39 is 17.4 Å². The highest BCUT2D eigenvalue weighted by molar-refractivity contribution is 5.97. The lowest BCUT2D eigenvalue weighted by Gasteiger charge is -2.19. The fraction of sp³-hybridized carbons (Fsp3) is 0.750. The van der Waals surface area contributed by atoms with Gasteiger partial charge < -0.3 is 9.84 Å². The van der Waals surface area contributed by atoms with Gasteiger partial charge >= 0.3 is 11.9 Å². The Kier molecular flexibility index (Phi) is 2.47. The van der Waals surface area contributed by atoms with Crippen molar-refractivity contribution >= 4 is 11.9 Å². The van der Waals surface area contributed by atoms with Gasteiger partial charge in [0, 0.05) is 6.61 Å². The molecule has 12 heavy (non-hydrogen) atoms. The van der Waals surface area contributed by atoms with E-state index >= 15 is 0 Å². The highest BCUT2D eigenvalue weighted by atomic mass is 16.6. The normalized spacial score (nSPS) is 29.2. The summed E-state index contributed by atoms with van der Waals surface area (Å²) >= 11 is 0. The number of rotatable bonds is 3.